The van der Waals surface area contributed by atoms with Crippen molar-refractivity contribution in [2.45, 2.75) is 31.6 Å². The summed E-state index contributed by atoms with van der Waals surface area (Å²) in [7, 11) is 0. The van der Waals surface area contributed by atoms with Crippen molar-refractivity contribution in [1.29, 1.82) is 0 Å². The monoisotopic (exact) mass is 265 g/mol. The molecule has 4 heteroatoms. The molecule has 0 saturated heterocycles. The maximum absolute atomic E-state index is 13.3. The van der Waals surface area contributed by atoms with E-state index in [0.717, 1.165) is 12.8 Å². The highest BCUT2D eigenvalue weighted by molar-refractivity contribution is 5.16. The summed E-state index contributed by atoms with van der Waals surface area (Å²) in [5.74, 6) is -0.271. The van der Waals surface area contributed by atoms with E-state index in [1.807, 2.05) is 0 Å². The number of ether oxygens (including phenoxy) is 1. The summed E-state index contributed by atoms with van der Waals surface area (Å²) in [6, 6.07) is 6.94. The van der Waals surface area contributed by atoms with Crippen molar-refractivity contribution >= 4 is 0 Å². The molecule has 0 aliphatic heterocycles. The maximum atomic E-state index is 13.3. The Kier molecular flexibility index (Phi) is 5.51. The first-order valence-electron chi connectivity index (χ1n) is 6.63. The van der Waals surface area contributed by atoms with Crippen LogP contribution in [0.5, 0.6) is 0 Å². The average Bonchev–Trinajstić information content (AvgIpc) is 2.92. The number of hydrogen-bond donors (Lipinski definition) is 2. The molecule has 1 aromatic carbocycles. The van der Waals surface area contributed by atoms with Crippen LogP contribution in [0.3, 0.4) is 0 Å². The molecule has 0 amide bonds. The van der Waals surface area contributed by atoms with E-state index in [2.05, 4.69) is 17.5 Å². The molecule has 1 unspecified atom stereocenters. The van der Waals surface area contributed by atoms with Crippen LogP contribution >= 0.6 is 0 Å². The van der Waals surface area contributed by atoms with Crippen LogP contribution in [0.1, 0.15) is 18.4 Å². The maximum Gasteiger partial charge on any atom is 0.128 e. The van der Waals surface area contributed by atoms with Gasteiger partial charge in [-0.2, -0.15) is 0 Å². The summed E-state index contributed by atoms with van der Waals surface area (Å²) in [5.41, 5.74) is 0.516. The van der Waals surface area contributed by atoms with E-state index in [1.165, 1.54) is 6.07 Å². The molecule has 1 atom stereocenters. The Morgan fingerprint density at radius 1 is 1.32 bits per heavy atom. The molecule has 104 valence electrons. The zero-order chi connectivity index (χ0) is 13.5. The van der Waals surface area contributed by atoms with Crippen LogP contribution in [0.4, 0.5) is 4.39 Å². The molecule has 0 heterocycles. The molecule has 2 N–H and O–H groups in total. The van der Waals surface area contributed by atoms with Crippen LogP contribution in [-0.2, 0) is 11.3 Å². The van der Waals surface area contributed by atoms with Crippen molar-refractivity contribution < 1.29 is 14.2 Å². The lowest BCUT2D eigenvalue weighted by atomic mass is 10.2. The van der Waals surface area contributed by atoms with Crippen LogP contribution in [0.2, 0.25) is 0 Å². The SMILES string of the molecule is OC(CNC1CC=CC1)COCc1ccccc1F. The number of benzene rings is 1. The molecule has 2 rings (SSSR count). The summed E-state index contributed by atoms with van der Waals surface area (Å²) < 4.78 is 18.6. The number of nitrogens with one attached hydrogen (secondary N) is 1. The van der Waals surface area contributed by atoms with Crippen molar-refractivity contribution in [1.82, 2.24) is 5.32 Å². The molecule has 1 aromatic rings. The molecule has 0 fully saturated rings. The second kappa shape index (κ2) is 7.38. The zero-order valence-corrected chi connectivity index (χ0v) is 10.9. The third-order valence-corrected chi connectivity index (χ3v) is 3.18. The van der Waals surface area contributed by atoms with Gasteiger partial charge in [-0.25, -0.2) is 4.39 Å². The first-order valence-corrected chi connectivity index (χ1v) is 6.63. The van der Waals surface area contributed by atoms with E-state index in [-0.39, 0.29) is 19.0 Å². The fourth-order valence-corrected chi connectivity index (χ4v) is 2.07. The minimum atomic E-state index is -0.563. The lowest BCUT2D eigenvalue weighted by Gasteiger charge is -2.16. The second-order valence-corrected chi connectivity index (χ2v) is 4.81. The minimum absolute atomic E-state index is 0.189. The third-order valence-electron chi connectivity index (χ3n) is 3.18. The van der Waals surface area contributed by atoms with Gasteiger partial charge in [0.15, 0.2) is 0 Å². The molecule has 0 aromatic heterocycles. The highest BCUT2D eigenvalue weighted by Crippen LogP contribution is 2.09. The van der Waals surface area contributed by atoms with Gasteiger partial charge in [-0.15, -0.1) is 0 Å². The van der Waals surface area contributed by atoms with Gasteiger partial charge in [-0.1, -0.05) is 30.4 Å². The van der Waals surface area contributed by atoms with Crippen molar-refractivity contribution in [3.63, 3.8) is 0 Å². The first kappa shape index (κ1) is 14.2. The van der Waals surface area contributed by atoms with Crippen LogP contribution in [0.25, 0.3) is 0 Å². The Bertz CT molecular complexity index is 414. The summed E-state index contributed by atoms with van der Waals surface area (Å²) >= 11 is 0. The number of aliphatic hydroxyl groups excluding tert-OH is 1. The lowest BCUT2D eigenvalue weighted by molar-refractivity contribution is 0.0268. The number of rotatable bonds is 7. The smallest absolute Gasteiger partial charge is 0.128 e. The van der Waals surface area contributed by atoms with Crippen molar-refractivity contribution in [3.05, 3.63) is 47.8 Å². The fraction of sp³-hybridized carbons (Fsp3) is 0.467. The predicted octanol–water partition coefficient (Wildman–Crippen LogP) is 2.01. The Morgan fingerprint density at radius 3 is 2.79 bits per heavy atom. The molecule has 0 saturated carbocycles. The highest BCUT2D eigenvalue weighted by atomic mass is 19.1. The summed E-state index contributed by atoms with van der Waals surface area (Å²) in [6.45, 7) is 0.903. The quantitative estimate of drug-likeness (QED) is 0.741. The molecule has 19 heavy (non-hydrogen) atoms. The van der Waals surface area contributed by atoms with E-state index in [9.17, 15) is 9.50 Å². The van der Waals surface area contributed by atoms with Crippen LogP contribution < -0.4 is 5.32 Å². The van der Waals surface area contributed by atoms with E-state index >= 15 is 0 Å². The fourth-order valence-electron chi connectivity index (χ4n) is 2.07. The molecular weight excluding hydrogens is 245 g/mol. The topological polar surface area (TPSA) is 41.5 Å². The van der Waals surface area contributed by atoms with Gasteiger partial charge < -0.3 is 15.2 Å². The van der Waals surface area contributed by atoms with Gasteiger partial charge in [0.05, 0.1) is 19.3 Å². The third kappa shape index (κ3) is 4.74. The standard InChI is InChI=1S/C15H20FNO2/c16-15-8-4-1-5-12(15)10-19-11-14(18)9-17-13-6-2-3-7-13/h1-5,8,13-14,17-18H,6-7,9-11H2. The Hall–Kier alpha value is -1.23. The van der Waals surface area contributed by atoms with Crippen LogP contribution in [-0.4, -0.2) is 30.4 Å². The van der Waals surface area contributed by atoms with Gasteiger partial charge in [0, 0.05) is 18.2 Å². The molecular formula is C15H20FNO2. The summed E-state index contributed by atoms with van der Waals surface area (Å²) in [6.07, 6.45) is 5.75. The Labute approximate surface area is 113 Å². The predicted molar refractivity (Wildman–Crippen MR) is 72.2 cm³/mol. The Balaban J connectivity index is 1.61. The highest BCUT2D eigenvalue weighted by Gasteiger charge is 2.12. The normalized spacial score (nSPS) is 16.9. The van der Waals surface area contributed by atoms with E-state index in [0.29, 0.717) is 18.2 Å². The van der Waals surface area contributed by atoms with Gasteiger partial charge in [0.1, 0.15) is 5.82 Å². The molecule has 0 radical (unpaired) electrons. The molecule has 0 spiro atoms. The zero-order valence-electron chi connectivity index (χ0n) is 10.9. The van der Waals surface area contributed by atoms with Gasteiger partial charge in [0.25, 0.3) is 0 Å². The van der Waals surface area contributed by atoms with E-state index < -0.39 is 6.10 Å². The first-order chi connectivity index (χ1) is 9.25. The second-order valence-electron chi connectivity index (χ2n) is 4.81. The summed E-state index contributed by atoms with van der Waals surface area (Å²) in [5, 5.41) is 13.0. The van der Waals surface area contributed by atoms with Gasteiger partial charge in [-0.05, 0) is 18.9 Å². The number of hydrogen-bond acceptors (Lipinski definition) is 3. The number of halogens is 1. The molecule has 3 nitrogen and oxygen atoms in total. The largest absolute Gasteiger partial charge is 0.389 e. The summed E-state index contributed by atoms with van der Waals surface area (Å²) in [4.78, 5) is 0. The molecule has 1 aliphatic rings. The lowest BCUT2D eigenvalue weighted by Crippen LogP contribution is -2.36. The van der Waals surface area contributed by atoms with Crippen molar-refractivity contribution in [3.8, 4) is 0 Å². The van der Waals surface area contributed by atoms with E-state index in [4.69, 9.17) is 4.74 Å². The van der Waals surface area contributed by atoms with E-state index in [1.54, 1.807) is 18.2 Å². The number of aliphatic hydroxyl groups is 1. The van der Waals surface area contributed by atoms with Crippen molar-refractivity contribution in [2.75, 3.05) is 13.2 Å². The van der Waals surface area contributed by atoms with Gasteiger partial charge in [-0.3, -0.25) is 0 Å². The van der Waals surface area contributed by atoms with Gasteiger partial charge in [0.2, 0.25) is 0 Å². The molecule has 0 bridgehead atoms. The minimum Gasteiger partial charge on any atom is -0.389 e. The van der Waals surface area contributed by atoms with Gasteiger partial charge >= 0.3 is 0 Å². The van der Waals surface area contributed by atoms with Crippen LogP contribution in [0.15, 0.2) is 36.4 Å². The average molecular weight is 265 g/mol. The van der Waals surface area contributed by atoms with Crippen LogP contribution in [0, 0.1) is 5.82 Å². The molecule has 1 aliphatic carbocycles. The Morgan fingerprint density at radius 2 is 2.05 bits per heavy atom. The van der Waals surface area contributed by atoms with Crippen molar-refractivity contribution in [2.24, 2.45) is 0 Å².